The van der Waals surface area contributed by atoms with Crippen molar-refractivity contribution in [2.45, 2.75) is 129 Å². The molecule has 0 aliphatic rings. The highest BCUT2D eigenvalue weighted by molar-refractivity contribution is 14.1. The van der Waals surface area contributed by atoms with Crippen LogP contribution in [0, 0.1) is 121 Å². The van der Waals surface area contributed by atoms with Crippen molar-refractivity contribution in [1.82, 2.24) is 30.8 Å². The van der Waals surface area contributed by atoms with Gasteiger partial charge in [-0.25, -0.2) is 4.79 Å². The van der Waals surface area contributed by atoms with Crippen molar-refractivity contribution in [3.63, 3.8) is 0 Å². The number of rotatable bonds is 16. The number of anilines is 7. The molecule has 12 rings (SSSR count). The minimum Gasteiger partial charge on any atom is -0.397 e. The lowest BCUT2D eigenvalue weighted by Gasteiger charge is -2.23. The molecule has 0 unspecified atom stereocenters. The van der Waals surface area contributed by atoms with E-state index < -0.39 is 79.8 Å². The number of hydrogen-bond acceptors (Lipinski definition) is 27. The Bertz CT molecular complexity index is 5970. The van der Waals surface area contributed by atoms with Gasteiger partial charge < -0.3 is 60.5 Å². The van der Waals surface area contributed by atoms with E-state index in [0.717, 1.165) is 119 Å². The maximum Gasteiger partial charge on any atom is 0.491 e. The van der Waals surface area contributed by atoms with E-state index in [4.69, 9.17) is 39.8 Å². The molecule has 127 heavy (non-hydrogen) atoms. The summed E-state index contributed by atoms with van der Waals surface area (Å²) in [6, 6.07) is 24.8. The van der Waals surface area contributed by atoms with E-state index in [1.165, 1.54) is 35.1 Å². The minimum atomic E-state index is -5.16. The largest absolute Gasteiger partial charge is 0.491 e. The summed E-state index contributed by atoms with van der Waals surface area (Å²) in [7, 11) is 0. The number of benzene rings is 6. The molecule has 0 saturated carbocycles. The molecule has 32 nitrogen and oxygen atoms in total. The Morgan fingerprint density at radius 1 is 0.480 bits per heavy atom. The number of nitro groups is 3. The van der Waals surface area contributed by atoms with Crippen LogP contribution in [0.1, 0.15) is 97.5 Å². The van der Waals surface area contributed by atoms with Gasteiger partial charge in [-0.2, -0.15) is 39.5 Å². The number of pyridine rings is 1. The number of nitro benzene ring substituents is 3. The van der Waals surface area contributed by atoms with Gasteiger partial charge in [-0.3, -0.25) is 54.6 Å². The van der Waals surface area contributed by atoms with E-state index in [0.29, 0.717) is 83.3 Å². The van der Waals surface area contributed by atoms with Gasteiger partial charge in [0, 0.05) is 104 Å². The summed E-state index contributed by atoms with van der Waals surface area (Å²) in [4.78, 5) is 78.7. The lowest BCUT2D eigenvalue weighted by Crippen LogP contribution is -2.41. The highest BCUT2D eigenvalue weighted by Crippen LogP contribution is 2.46. The molecule has 0 saturated heterocycles. The SMILES string of the molecule is CC(=O)OC(=O)C(F)(F)F.CCI.CCN(C(=O)C(F)(F)F)c1c(I)cc(-c2c(C)noc2C)cc1[N+](=O)[O-].CCNc1c(N)cc(-c2c(C)noc2C)cc1-c1c(C)ccc2ncccc12.CCNc1c(N)cc(-c2c(C)noc2C)cc1I.Cc1noc(C)c1-c1cc(I)c(N)c([N+](=O)[O-])c1.Cc1noc(C)c1-c1cc(I)c(NC(=O)C(F)(F)F)c([N+](=O)[O-])c1. The van der Waals surface area contributed by atoms with Gasteiger partial charge in [-0.1, -0.05) is 67.4 Å². The minimum absolute atomic E-state index is 0.0781. The Labute approximate surface area is 786 Å². The van der Waals surface area contributed by atoms with Crippen molar-refractivity contribution in [2.24, 2.45) is 0 Å². The number of esters is 2. The molecule has 0 bridgehead atoms. The fourth-order valence-electron chi connectivity index (χ4n) is 12.6. The van der Waals surface area contributed by atoms with Crippen molar-refractivity contribution >= 4 is 204 Å². The van der Waals surface area contributed by atoms with Gasteiger partial charge in [0.15, 0.2) is 0 Å². The Kier molecular flexibility index (Phi) is 37.3. The van der Waals surface area contributed by atoms with Crippen molar-refractivity contribution in [2.75, 3.05) is 62.1 Å². The second-order valence-electron chi connectivity index (χ2n) is 26.8. The van der Waals surface area contributed by atoms with Crippen molar-refractivity contribution in [1.29, 1.82) is 0 Å². The lowest BCUT2D eigenvalue weighted by molar-refractivity contribution is -0.384. The maximum atomic E-state index is 12.9. The van der Waals surface area contributed by atoms with Crippen LogP contribution in [0.5, 0.6) is 0 Å². The first-order valence-electron chi connectivity index (χ1n) is 37.1. The number of aromatic nitrogens is 6. The second-order valence-corrected chi connectivity index (χ2v) is 33.0. The van der Waals surface area contributed by atoms with Crippen LogP contribution >= 0.6 is 113 Å². The smallest absolute Gasteiger partial charge is 0.397 e. The van der Waals surface area contributed by atoms with Gasteiger partial charge in [0.25, 0.3) is 17.1 Å². The summed E-state index contributed by atoms with van der Waals surface area (Å²) in [5.74, 6) is -5.15. The summed E-state index contributed by atoms with van der Waals surface area (Å²) in [6.45, 7) is 29.4. The molecule has 678 valence electrons. The predicted molar refractivity (Wildman–Crippen MR) is 501 cm³/mol. The quantitative estimate of drug-likeness (QED) is 0.00764. The molecular weight excluding hydrogens is 2260 g/mol. The highest BCUT2D eigenvalue weighted by atomic mass is 127. The first-order chi connectivity index (χ1) is 59.2. The van der Waals surface area contributed by atoms with Crippen LogP contribution in [-0.4, -0.2) is 112 Å². The molecule has 0 radical (unpaired) electrons. The third kappa shape index (κ3) is 26.4. The first-order valence-corrected chi connectivity index (χ1v) is 42.9. The predicted octanol–water partition coefficient (Wildman–Crippen LogP) is 22.6. The molecule has 0 fully saturated rings. The molecule has 46 heteroatoms. The van der Waals surface area contributed by atoms with E-state index in [9.17, 15) is 89.0 Å². The number of nitrogens with one attached hydrogen (secondary N) is 3. The van der Waals surface area contributed by atoms with Crippen LogP contribution in [0.25, 0.3) is 77.7 Å². The molecule has 12 aromatic rings. The topological polar surface area (TPSA) is 467 Å². The van der Waals surface area contributed by atoms with Crippen LogP contribution in [0.2, 0.25) is 0 Å². The number of nitrogen functional groups attached to an aromatic ring is 3. The van der Waals surface area contributed by atoms with E-state index in [2.05, 4.69) is 149 Å². The van der Waals surface area contributed by atoms with Crippen molar-refractivity contribution in [3.05, 3.63) is 199 Å². The molecular formula is C81H80F9I5N16O16. The van der Waals surface area contributed by atoms with Crippen molar-refractivity contribution in [3.8, 4) is 66.8 Å². The summed E-state index contributed by atoms with van der Waals surface area (Å²) in [5, 5.41) is 62.5. The van der Waals surface area contributed by atoms with Crippen LogP contribution in [0.3, 0.4) is 0 Å². The van der Waals surface area contributed by atoms with Crippen LogP contribution in [0.4, 0.5) is 96.4 Å². The Hall–Kier alpha value is -10.9. The third-order valence-corrected chi connectivity index (χ3v) is 21.1. The zero-order valence-corrected chi connectivity index (χ0v) is 80.8. The number of ether oxygens (including phenoxy) is 1. The zero-order valence-electron chi connectivity index (χ0n) is 70.0. The Balaban J connectivity index is 0.000000239. The van der Waals surface area contributed by atoms with Gasteiger partial charge >= 0.3 is 42.3 Å². The Morgan fingerprint density at radius 3 is 1.20 bits per heavy atom. The van der Waals surface area contributed by atoms with Crippen molar-refractivity contribution < 1.29 is 101 Å². The number of carbonyl (C=O) groups is 4. The average molecular weight is 2340 g/mol. The van der Waals surface area contributed by atoms with Gasteiger partial charge in [0.2, 0.25) is 0 Å². The van der Waals surface area contributed by atoms with Gasteiger partial charge in [0.05, 0.1) is 71.5 Å². The van der Waals surface area contributed by atoms with E-state index in [-0.39, 0.29) is 25.1 Å². The lowest BCUT2D eigenvalue weighted by atomic mass is 9.90. The Morgan fingerprint density at radius 2 is 0.850 bits per heavy atom. The average Bonchev–Trinajstić information content (AvgIpc) is 1.77. The zero-order chi connectivity index (χ0) is 95.7. The standard InChI is InChI=1S/C23H24N4O.C15H13F3IN3O4.C13H9F3IN3O4.C13H16IN3O.C11H10IN3O3.C4H3F3O3.C2H5I/c1-5-25-23-18(21-13(2)8-9-20-17(21)7-6-10-26-20)11-16(12-19(23)24)22-14(3)27-28-15(22)4;1-4-21(14(23)15(16,17)18)13-10(19)5-9(6-11(13)22(24)25)12-7(2)20-26-8(12)3;1-5-10(6(2)24-19-5)7-3-8(17)11(9(4-7)20(22)23)18-12(21)13(14,15)16;1-4-16-13-10(14)5-9(6-11(13)15)12-7(2)17-18-8(12)3;1-5-10(6(2)18-14-5)7-3-8(12)11(13)9(4-7)15(16)17;1-2(8)10-3(9)4(5,6)7;1-2-3/h6-12,25H,5,24H2,1-4H3;5-6H,4H2,1-3H3;3-4H,1-2H3,(H,18,21);5-6,16H,4,15H2,1-3H3;3-4H,13H2,1-2H3;1H3;2H2,1H3. The number of aryl methyl sites for hydroxylation is 11. The number of alkyl halides is 10. The molecule has 6 aromatic carbocycles. The molecule has 0 spiro atoms. The maximum absolute atomic E-state index is 12.9. The fourth-order valence-corrected chi connectivity index (χ4v) is 15.7. The molecule has 9 N–H and O–H groups in total. The summed E-state index contributed by atoms with van der Waals surface area (Å²) < 4.78 is 141. The number of amides is 2. The number of hydrogen-bond donors (Lipinski definition) is 6. The molecule has 0 aliphatic carbocycles. The normalized spacial score (nSPS) is 11.0. The summed E-state index contributed by atoms with van der Waals surface area (Å²) >= 11 is 9.85. The number of halogens is 14. The molecule has 0 atom stereocenters. The molecule has 6 aromatic heterocycles. The van der Waals surface area contributed by atoms with E-state index >= 15 is 0 Å². The van der Waals surface area contributed by atoms with Crippen LogP contribution < -0.4 is 38.1 Å². The summed E-state index contributed by atoms with van der Waals surface area (Å²) in [6.07, 6.45) is -13.6. The van der Waals surface area contributed by atoms with E-state index in [1.54, 1.807) is 98.1 Å². The highest BCUT2D eigenvalue weighted by Gasteiger charge is 2.46. The fraction of sp³-hybridized carbons (Fsp3) is 0.284. The van der Waals surface area contributed by atoms with Gasteiger partial charge in [-0.05, 0) is 285 Å². The monoisotopic (exact) mass is 2340 g/mol. The number of carbonyl (C=O) groups excluding carboxylic acids is 4. The van der Waals surface area contributed by atoms with Crippen LogP contribution in [-0.2, 0) is 23.9 Å². The summed E-state index contributed by atoms with van der Waals surface area (Å²) in [5.41, 5.74) is 34.6. The van der Waals surface area contributed by atoms with E-state index in [1.807, 2.05) is 74.7 Å². The molecule has 2 amide bonds. The van der Waals surface area contributed by atoms with Gasteiger partial charge in [-0.15, -0.1) is 0 Å². The molecule has 0 aliphatic heterocycles. The number of fused-ring (bicyclic) bond motifs is 1. The second kappa shape index (κ2) is 45.2. The number of nitrogens with zero attached hydrogens (tertiary/aromatic N) is 10. The van der Waals surface area contributed by atoms with Crippen LogP contribution in [0.15, 0.2) is 114 Å². The number of nitrogens with two attached hydrogens (primary N) is 3. The molecule has 6 heterocycles. The first kappa shape index (κ1) is 105. The third-order valence-electron chi connectivity index (χ3n) is 17.7. The van der Waals surface area contributed by atoms with Gasteiger partial charge in [0.1, 0.15) is 45.9 Å².